The van der Waals surface area contributed by atoms with Crippen LogP contribution in [-0.4, -0.2) is 35.7 Å². The smallest absolute Gasteiger partial charge is 0.305 e. The molecule has 0 bridgehead atoms. The van der Waals surface area contributed by atoms with Gasteiger partial charge in [-0.15, -0.1) is 0 Å². The Hall–Kier alpha value is -1.10. The number of nitrogens with one attached hydrogen (secondary N) is 1. The van der Waals surface area contributed by atoms with Gasteiger partial charge < -0.3 is 15.2 Å². The van der Waals surface area contributed by atoms with Gasteiger partial charge in [-0.25, -0.2) is 0 Å². The SMILES string of the molecule is CCC1OCCC1C(=O)NC(CC(=O)O)C(C)C. The van der Waals surface area contributed by atoms with E-state index in [1.54, 1.807) is 0 Å². The van der Waals surface area contributed by atoms with Crippen LogP contribution < -0.4 is 5.32 Å². The molecule has 1 heterocycles. The van der Waals surface area contributed by atoms with Crippen molar-refractivity contribution >= 4 is 11.9 Å². The minimum Gasteiger partial charge on any atom is -0.481 e. The lowest BCUT2D eigenvalue weighted by Crippen LogP contribution is -2.44. The number of hydrogen-bond acceptors (Lipinski definition) is 3. The average molecular weight is 257 g/mol. The first-order valence-corrected chi connectivity index (χ1v) is 6.59. The van der Waals surface area contributed by atoms with Gasteiger partial charge >= 0.3 is 5.97 Å². The van der Waals surface area contributed by atoms with Crippen LogP contribution in [0.5, 0.6) is 0 Å². The minimum atomic E-state index is -0.885. The third-order valence-electron chi connectivity index (χ3n) is 3.48. The van der Waals surface area contributed by atoms with Crippen molar-refractivity contribution in [3.05, 3.63) is 0 Å². The van der Waals surface area contributed by atoms with Gasteiger partial charge in [0.1, 0.15) is 0 Å². The molecule has 3 unspecified atom stereocenters. The molecular formula is C13H23NO4. The van der Waals surface area contributed by atoms with Crippen molar-refractivity contribution in [3.8, 4) is 0 Å². The van der Waals surface area contributed by atoms with Crippen LogP contribution >= 0.6 is 0 Å². The van der Waals surface area contributed by atoms with Crippen molar-refractivity contribution in [3.63, 3.8) is 0 Å². The number of ether oxygens (including phenoxy) is 1. The van der Waals surface area contributed by atoms with Crippen molar-refractivity contribution in [2.75, 3.05) is 6.61 Å². The van der Waals surface area contributed by atoms with Crippen LogP contribution in [0.2, 0.25) is 0 Å². The fourth-order valence-electron chi connectivity index (χ4n) is 2.28. The Kier molecular flexibility index (Phi) is 5.59. The number of carbonyl (C=O) groups is 2. The predicted molar refractivity (Wildman–Crippen MR) is 67.2 cm³/mol. The topological polar surface area (TPSA) is 75.6 Å². The first-order chi connectivity index (χ1) is 8.45. The summed E-state index contributed by atoms with van der Waals surface area (Å²) in [5, 5.41) is 11.7. The summed E-state index contributed by atoms with van der Waals surface area (Å²) in [6.45, 7) is 6.43. The maximum absolute atomic E-state index is 12.1. The van der Waals surface area contributed by atoms with E-state index in [1.165, 1.54) is 0 Å². The third-order valence-corrected chi connectivity index (χ3v) is 3.48. The Morgan fingerprint density at radius 1 is 1.44 bits per heavy atom. The second kappa shape index (κ2) is 6.73. The number of amides is 1. The van der Waals surface area contributed by atoms with E-state index in [9.17, 15) is 9.59 Å². The van der Waals surface area contributed by atoms with Gasteiger partial charge in [-0.3, -0.25) is 9.59 Å². The van der Waals surface area contributed by atoms with E-state index in [-0.39, 0.29) is 36.3 Å². The molecule has 5 heteroatoms. The molecule has 0 aromatic heterocycles. The summed E-state index contributed by atoms with van der Waals surface area (Å²) in [4.78, 5) is 22.9. The second-order valence-corrected chi connectivity index (χ2v) is 5.17. The molecule has 1 aliphatic rings. The van der Waals surface area contributed by atoms with Crippen LogP contribution in [0.15, 0.2) is 0 Å². The van der Waals surface area contributed by atoms with Gasteiger partial charge in [0.25, 0.3) is 0 Å². The number of carbonyl (C=O) groups excluding carboxylic acids is 1. The molecule has 5 nitrogen and oxygen atoms in total. The van der Waals surface area contributed by atoms with Gasteiger partial charge in [-0.05, 0) is 18.8 Å². The fraction of sp³-hybridized carbons (Fsp3) is 0.846. The van der Waals surface area contributed by atoms with Crippen LogP contribution in [0.3, 0.4) is 0 Å². The predicted octanol–water partition coefficient (Wildman–Crippen LogP) is 1.42. The summed E-state index contributed by atoms with van der Waals surface area (Å²) >= 11 is 0. The van der Waals surface area contributed by atoms with Crippen molar-refractivity contribution in [2.45, 2.75) is 52.2 Å². The molecule has 1 aliphatic heterocycles. The first kappa shape index (κ1) is 15.0. The number of carboxylic acids is 1. The Morgan fingerprint density at radius 2 is 2.11 bits per heavy atom. The zero-order chi connectivity index (χ0) is 13.7. The quantitative estimate of drug-likeness (QED) is 0.754. The van der Waals surface area contributed by atoms with Crippen LogP contribution in [-0.2, 0) is 14.3 Å². The average Bonchev–Trinajstić information content (AvgIpc) is 2.75. The lowest BCUT2D eigenvalue weighted by atomic mass is 9.95. The van der Waals surface area contributed by atoms with Gasteiger partial charge in [0, 0.05) is 12.6 Å². The molecule has 0 aliphatic carbocycles. The molecule has 0 saturated carbocycles. The van der Waals surface area contributed by atoms with Gasteiger partial charge in [-0.1, -0.05) is 20.8 Å². The molecule has 0 aromatic carbocycles. The third kappa shape index (κ3) is 3.98. The van der Waals surface area contributed by atoms with E-state index in [0.29, 0.717) is 6.61 Å². The summed E-state index contributed by atoms with van der Waals surface area (Å²) in [6, 6.07) is -0.312. The highest BCUT2D eigenvalue weighted by atomic mass is 16.5. The summed E-state index contributed by atoms with van der Waals surface area (Å²) in [5.74, 6) is -0.986. The molecule has 1 fully saturated rings. The van der Waals surface area contributed by atoms with Gasteiger partial charge in [0.15, 0.2) is 0 Å². The first-order valence-electron chi connectivity index (χ1n) is 6.59. The van der Waals surface area contributed by atoms with E-state index < -0.39 is 5.97 Å². The number of carboxylic acid groups (broad SMARTS) is 1. The van der Waals surface area contributed by atoms with Crippen LogP contribution in [0, 0.1) is 11.8 Å². The Bertz CT molecular complexity index is 303. The maximum atomic E-state index is 12.1. The van der Waals surface area contributed by atoms with Crippen molar-refractivity contribution < 1.29 is 19.4 Å². The highest BCUT2D eigenvalue weighted by Crippen LogP contribution is 2.24. The molecule has 3 atom stereocenters. The van der Waals surface area contributed by atoms with E-state index in [1.807, 2.05) is 20.8 Å². The van der Waals surface area contributed by atoms with E-state index in [0.717, 1.165) is 12.8 Å². The normalized spacial score (nSPS) is 25.1. The highest BCUT2D eigenvalue weighted by Gasteiger charge is 2.34. The molecule has 1 amide bonds. The lowest BCUT2D eigenvalue weighted by molar-refractivity contribution is -0.138. The van der Waals surface area contributed by atoms with Gasteiger partial charge in [-0.2, -0.15) is 0 Å². The monoisotopic (exact) mass is 257 g/mol. The molecular weight excluding hydrogens is 234 g/mol. The largest absolute Gasteiger partial charge is 0.481 e. The fourth-order valence-corrected chi connectivity index (χ4v) is 2.28. The zero-order valence-corrected chi connectivity index (χ0v) is 11.3. The number of aliphatic carboxylic acids is 1. The van der Waals surface area contributed by atoms with E-state index in [4.69, 9.17) is 9.84 Å². The van der Waals surface area contributed by atoms with Crippen molar-refractivity contribution in [1.29, 1.82) is 0 Å². The Morgan fingerprint density at radius 3 is 2.61 bits per heavy atom. The summed E-state index contributed by atoms with van der Waals surface area (Å²) in [5.41, 5.74) is 0. The summed E-state index contributed by atoms with van der Waals surface area (Å²) in [7, 11) is 0. The molecule has 2 N–H and O–H groups in total. The molecule has 0 radical (unpaired) electrons. The highest BCUT2D eigenvalue weighted by molar-refractivity contribution is 5.80. The Labute approximate surface area is 108 Å². The zero-order valence-electron chi connectivity index (χ0n) is 11.3. The Balaban J connectivity index is 2.57. The van der Waals surface area contributed by atoms with Gasteiger partial charge in [0.05, 0.1) is 18.4 Å². The molecule has 0 spiro atoms. The lowest BCUT2D eigenvalue weighted by Gasteiger charge is -2.24. The summed E-state index contributed by atoms with van der Waals surface area (Å²) in [6.07, 6.45) is 1.47. The van der Waals surface area contributed by atoms with Crippen molar-refractivity contribution in [2.24, 2.45) is 11.8 Å². The maximum Gasteiger partial charge on any atom is 0.305 e. The minimum absolute atomic E-state index is 0.0253. The van der Waals surface area contributed by atoms with Crippen LogP contribution in [0.1, 0.15) is 40.0 Å². The molecule has 1 rings (SSSR count). The summed E-state index contributed by atoms with van der Waals surface area (Å²) < 4.78 is 5.48. The van der Waals surface area contributed by atoms with Crippen molar-refractivity contribution in [1.82, 2.24) is 5.32 Å². The van der Waals surface area contributed by atoms with E-state index >= 15 is 0 Å². The number of rotatable bonds is 6. The van der Waals surface area contributed by atoms with Crippen LogP contribution in [0.4, 0.5) is 0 Å². The second-order valence-electron chi connectivity index (χ2n) is 5.17. The standard InChI is InChI=1S/C13H23NO4/c1-4-11-9(5-6-18-11)13(17)14-10(8(2)3)7-12(15)16/h8-11H,4-7H2,1-3H3,(H,14,17)(H,15,16). The van der Waals surface area contributed by atoms with Crippen LogP contribution in [0.25, 0.3) is 0 Å². The number of hydrogen-bond donors (Lipinski definition) is 2. The van der Waals surface area contributed by atoms with Gasteiger partial charge in [0.2, 0.25) is 5.91 Å². The molecule has 18 heavy (non-hydrogen) atoms. The van der Waals surface area contributed by atoms with E-state index in [2.05, 4.69) is 5.32 Å². The molecule has 104 valence electrons. The molecule has 1 saturated heterocycles. The molecule has 0 aromatic rings.